The molecule has 1 heterocycles. The second-order valence-corrected chi connectivity index (χ2v) is 6.77. The van der Waals surface area contributed by atoms with Crippen LogP contribution in [0.4, 0.5) is 5.69 Å². The molecular weight excluding hydrogens is 453 g/mol. The fraction of sp³-hybridized carbons (Fsp3) is 0.650. The zero-order valence-electron chi connectivity index (χ0n) is 17.4. The number of nitrogens with zero attached hydrogens (tertiary/aromatic N) is 3. The van der Waals surface area contributed by atoms with Crippen molar-refractivity contribution in [2.24, 2.45) is 4.99 Å². The second-order valence-electron chi connectivity index (χ2n) is 6.77. The number of benzene rings is 1. The van der Waals surface area contributed by atoms with Gasteiger partial charge in [0.05, 0.1) is 12.8 Å². The van der Waals surface area contributed by atoms with Crippen LogP contribution in [0.15, 0.2) is 29.3 Å². The van der Waals surface area contributed by atoms with Gasteiger partial charge >= 0.3 is 0 Å². The van der Waals surface area contributed by atoms with Gasteiger partial charge < -0.3 is 20.3 Å². The summed E-state index contributed by atoms with van der Waals surface area (Å²) in [4.78, 5) is 9.22. The van der Waals surface area contributed by atoms with Gasteiger partial charge in [0.1, 0.15) is 5.75 Å². The molecule has 0 amide bonds. The first-order valence-corrected chi connectivity index (χ1v) is 9.72. The molecule has 1 aromatic rings. The molecule has 2 atom stereocenters. The van der Waals surface area contributed by atoms with Gasteiger partial charge in [-0.3, -0.25) is 9.89 Å². The maximum Gasteiger partial charge on any atom is 0.191 e. The number of anilines is 1. The molecule has 0 aliphatic carbocycles. The summed E-state index contributed by atoms with van der Waals surface area (Å²) in [5, 5.41) is 7.05. The van der Waals surface area contributed by atoms with Gasteiger partial charge in [-0.2, -0.15) is 0 Å². The van der Waals surface area contributed by atoms with Crippen LogP contribution in [0.5, 0.6) is 5.75 Å². The highest BCUT2D eigenvalue weighted by atomic mass is 127. The van der Waals surface area contributed by atoms with E-state index < -0.39 is 0 Å². The Hall–Kier alpha value is -1.22. The fourth-order valence-electron chi connectivity index (χ4n) is 3.60. The minimum Gasteiger partial charge on any atom is -0.495 e. The topological polar surface area (TPSA) is 52.1 Å². The largest absolute Gasteiger partial charge is 0.495 e. The number of halogens is 1. The first-order valence-electron chi connectivity index (χ1n) is 9.72. The van der Waals surface area contributed by atoms with Crippen molar-refractivity contribution >= 4 is 35.6 Å². The summed E-state index contributed by atoms with van der Waals surface area (Å²) in [6.07, 6.45) is 1.09. The highest BCUT2D eigenvalue weighted by Crippen LogP contribution is 2.30. The third kappa shape index (κ3) is 6.71. The standard InChI is InChI=1S/C20H35N5O.HI/c1-6-24(7-2)16(3)14-22-20(21-4)23-17-12-13-25(15-17)18-10-8-9-11-19(18)26-5;/h8-11,16-17H,6-7,12-15H2,1-5H3,(H2,21,22,23);1H. The Morgan fingerprint density at radius 2 is 2.04 bits per heavy atom. The summed E-state index contributed by atoms with van der Waals surface area (Å²) in [5.41, 5.74) is 1.16. The molecule has 1 saturated heterocycles. The van der Waals surface area contributed by atoms with E-state index in [2.05, 4.69) is 58.3 Å². The van der Waals surface area contributed by atoms with Gasteiger partial charge in [0.2, 0.25) is 0 Å². The predicted octanol–water partition coefficient (Wildman–Crippen LogP) is 2.79. The van der Waals surface area contributed by atoms with Crippen LogP contribution in [0.25, 0.3) is 0 Å². The summed E-state index contributed by atoms with van der Waals surface area (Å²) in [7, 11) is 3.57. The van der Waals surface area contributed by atoms with Crippen molar-refractivity contribution in [3.05, 3.63) is 24.3 Å². The summed E-state index contributed by atoms with van der Waals surface area (Å²) < 4.78 is 5.50. The molecule has 0 bridgehead atoms. The molecule has 27 heavy (non-hydrogen) atoms. The number of nitrogens with one attached hydrogen (secondary N) is 2. The van der Waals surface area contributed by atoms with Crippen molar-refractivity contribution in [1.29, 1.82) is 0 Å². The average molecular weight is 489 g/mol. The van der Waals surface area contributed by atoms with Gasteiger partial charge in [-0.1, -0.05) is 26.0 Å². The molecule has 2 unspecified atom stereocenters. The van der Waals surface area contributed by atoms with Crippen LogP contribution in [0.2, 0.25) is 0 Å². The van der Waals surface area contributed by atoms with E-state index in [1.165, 1.54) is 0 Å². The number of methoxy groups -OCH3 is 1. The van der Waals surface area contributed by atoms with Crippen molar-refractivity contribution in [3.63, 3.8) is 0 Å². The molecule has 0 aromatic heterocycles. The van der Waals surface area contributed by atoms with Gasteiger partial charge in [0.25, 0.3) is 0 Å². The zero-order valence-corrected chi connectivity index (χ0v) is 19.7. The maximum absolute atomic E-state index is 5.50. The van der Waals surface area contributed by atoms with E-state index in [0.29, 0.717) is 12.1 Å². The Bertz CT molecular complexity index is 579. The van der Waals surface area contributed by atoms with Gasteiger partial charge in [-0.25, -0.2) is 0 Å². The number of hydrogen-bond donors (Lipinski definition) is 2. The summed E-state index contributed by atoms with van der Waals surface area (Å²) in [6.45, 7) is 11.7. The monoisotopic (exact) mass is 489 g/mol. The number of ether oxygens (including phenoxy) is 1. The third-order valence-electron chi connectivity index (χ3n) is 5.18. The normalized spacial score (nSPS) is 18.2. The molecule has 1 fully saturated rings. The van der Waals surface area contributed by atoms with Crippen molar-refractivity contribution in [2.75, 3.05) is 51.8 Å². The van der Waals surface area contributed by atoms with Gasteiger partial charge in [-0.15, -0.1) is 24.0 Å². The zero-order chi connectivity index (χ0) is 18.9. The molecule has 2 N–H and O–H groups in total. The van der Waals surface area contributed by atoms with E-state index in [-0.39, 0.29) is 24.0 Å². The van der Waals surface area contributed by atoms with Gasteiger partial charge in [0.15, 0.2) is 5.96 Å². The third-order valence-corrected chi connectivity index (χ3v) is 5.18. The molecule has 1 aliphatic heterocycles. The van der Waals surface area contributed by atoms with E-state index >= 15 is 0 Å². The Balaban J connectivity index is 0.00000364. The van der Waals surface area contributed by atoms with E-state index in [1.807, 2.05) is 19.2 Å². The Morgan fingerprint density at radius 3 is 2.67 bits per heavy atom. The predicted molar refractivity (Wildman–Crippen MR) is 126 cm³/mol. The first kappa shape index (κ1) is 23.8. The summed E-state index contributed by atoms with van der Waals surface area (Å²) >= 11 is 0. The molecule has 1 aromatic carbocycles. The number of rotatable bonds is 8. The lowest BCUT2D eigenvalue weighted by Crippen LogP contribution is -2.49. The molecule has 1 aliphatic rings. The van der Waals surface area contributed by atoms with E-state index in [0.717, 1.165) is 56.5 Å². The molecule has 0 saturated carbocycles. The lowest BCUT2D eigenvalue weighted by Gasteiger charge is -2.27. The van der Waals surface area contributed by atoms with Crippen LogP contribution < -0.4 is 20.3 Å². The van der Waals surface area contributed by atoms with Gasteiger partial charge in [0, 0.05) is 38.8 Å². The molecule has 7 heteroatoms. The molecule has 6 nitrogen and oxygen atoms in total. The van der Waals surface area contributed by atoms with Crippen LogP contribution in [0.3, 0.4) is 0 Å². The molecule has 2 rings (SSSR count). The lowest BCUT2D eigenvalue weighted by molar-refractivity contribution is 0.231. The number of para-hydroxylation sites is 2. The molecule has 154 valence electrons. The summed E-state index contributed by atoms with van der Waals surface area (Å²) in [6, 6.07) is 9.09. The highest BCUT2D eigenvalue weighted by molar-refractivity contribution is 14.0. The fourth-order valence-corrected chi connectivity index (χ4v) is 3.60. The van der Waals surface area contributed by atoms with Crippen LogP contribution in [0, 0.1) is 0 Å². The second kappa shape index (κ2) is 12.3. The Morgan fingerprint density at radius 1 is 1.33 bits per heavy atom. The quantitative estimate of drug-likeness (QED) is 0.334. The van der Waals surface area contributed by atoms with Crippen molar-refractivity contribution in [1.82, 2.24) is 15.5 Å². The Labute approximate surface area is 181 Å². The van der Waals surface area contributed by atoms with Crippen LogP contribution in [0.1, 0.15) is 27.2 Å². The maximum atomic E-state index is 5.50. The molecule has 0 radical (unpaired) electrons. The average Bonchev–Trinajstić information content (AvgIpc) is 3.14. The van der Waals surface area contributed by atoms with Crippen molar-refractivity contribution < 1.29 is 4.74 Å². The number of hydrogen-bond acceptors (Lipinski definition) is 4. The van der Waals surface area contributed by atoms with E-state index in [9.17, 15) is 0 Å². The highest BCUT2D eigenvalue weighted by Gasteiger charge is 2.25. The van der Waals surface area contributed by atoms with Crippen LogP contribution >= 0.6 is 24.0 Å². The molecule has 0 spiro atoms. The van der Waals surface area contributed by atoms with E-state index in [1.54, 1.807) is 7.11 Å². The van der Waals surface area contributed by atoms with Crippen LogP contribution in [-0.2, 0) is 0 Å². The number of aliphatic imine (C=N–C) groups is 1. The van der Waals surface area contributed by atoms with Crippen LogP contribution in [-0.4, -0.2) is 69.8 Å². The number of likely N-dealkylation sites (N-methyl/N-ethyl adjacent to an activating group) is 1. The summed E-state index contributed by atoms with van der Waals surface area (Å²) in [5.74, 6) is 1.82. The Kier molecular flexibility index (Phi) is 10.8. The number of guanidine groups is 1. The molecular formula is C20H36IN5O. The van der Waals surface area contributed by atoms with E-state index in [4.69, 9.17) is 4.74 Å². The lowest BCUT2D eigenvalue weighted by atomic mass is 10.2. The first-order chi connectivity index (χ1) is 12.6. The minimum atomic E-state index is 0. The van der Waals surface area contributed by atoms with Gasteiger partial charge in [-0.05, 0) is 38.6 Å². The SMILES string of the molecule is CCN(CC)C(C)CNC(=NC)NC1CCN(c2ccccc2OC)C1.I. The smallest absolute Gasteiger partial charge is 0.191 e. The van der Waals surface area contributed by atoms with Crippen molar-refractivity contribution in [3.8, 4) is 5.75 Å². The van der Waals surface area contributed by atoms with Crippen molar-refractivity contribution in [2.45, 2.75) is 39.3 Å². The minimum absolute atomic E-state index is 0.